The molecule has 0 bridgehead atoms. The highest BCUT2D eigenvalue weighted by Gasteiger charge is 2.36. The fourth-order valence-corrected chi connectivity index (χ4v) is 24.1. The third-order valence-corrected chi connectivity index (χ3v) is 35.2. The van der Waals surface area contributed by atoms with Crippen molar-refractivity contribution in [1.29, 1.82) is 0 Å². The van der Waals surface area contributed by atoms with Crippen molar-refractivity contribution in [3.8, 4) is 0 Å². The van der Waals surface area contributed by atoms with E-state index >= 15 is 0 Å². The maximum absolute atomic E-state index is 14.1. The number of rotatable bonds is 20. The Labute approximate surface area is 912 Å². The number of methoxy groups -OCH3 is 1. The molecule has 18 rings (SSSR count). The predicted molar refractivity (Wildman–Crippen MR) is 622 cm³/mol. The summed E-state index contributed by atoms with van der Waals surface area (Å²) in [6.07, 6.45) is 69.5. The largest absolute Gasteiger partial charge is 0.381 e. The molecule has 1 amide bonds. The number of piperidine rings is 7. The molecule has 7 aromatic heterocycles. The molecule has 8 saturated heterocycles. The van der Waals surface area contributed by atoms with E-state index in [9.17, 15) is 9.18 Å². The summed E-state index contributed by atoms with van der Waals surface area (Å²) in [5, 5.41) is 0. The van der Waals surface area contributed by atoms with Crippen LogP contribution in [0.15, 0.2) is 129 Å². The van der Waals surface area contributed by atoms with E-state index in [-0.39, 0.29) is 55.8 Å². The Morgan fingerprint density at radius 1 is 0.320 bits per heavy atom. The number of hydrogen-bond acceptors (Lipinski definition) is 17. The zero-order chi connectivity index (χ0) is 108. The fourth-order valence-electron chi connectivity index (χ4n) is 24.1. The topological polar surface area (TPSA) is 158 Å². The highest BCUT2D eigenvalue weighted by molar-refractivity contribution is 5.73. The fraction of sp³-hybridized carbons (Fsp3) is 0.725. The van der Waals surface area contributed by atoms with Gasteiger partial charge in [-0.15, -0.1) is 0 Å². The molecule has 18 nitrogen and oxygen atoms in total. The Hall–Kier alpha value is -6.91. The highest BCUT2D eigenvalue weighted by Crippen LogP contribution is 2.39. The quantitative estimate of drug-likeness (QED) is 0.0709. The standard InChI is InChI=1S/C22H36N2O.C21H34N2.C20H32N2O2.C19H30N2.C17H26N2O.C16H25FN2.C16H26N2/c1-22(2,3)19-14-18(15-23-16-19)13-17-9-11-24(12-10-17)20-5-7-21(25-4)8-6-20;1-21(2,3)19-14-18(15-22-16-19)13-17-9-11-23(12-10-17)20-7-5-4-6-8-20;1-20(2,3)18-11-17(12-21-13-18)10-16-4-6-22(7-5-16)14-19-15-23-8-9-24-19;1-19(2,3)17-12-16(13-20-14-17)11-15-7-9-21(10-8-15)18-5-4-6-18;1-13(20)19-7-5-14(6-8-19)9-15-10-16(12-18-11-15)17(2,3)4;1-16(2,3)14-8-12(9-18-10-14)7-13-5-6-19(4)11-15(13)17;1-16(2,3)15-10-14(11-17-12-15)9-13-5-7-18(4)8-6-13/h14-17,20-21H,5-13H2,1-4H3;14-17,20H,4-13H2,1-3H3;11-13,16,19H,4-10,14-15H2,1-3H3;12-15,18H,4-11H2,1-3H3;10-12,14H,5-9H2,1-4H3;8-10,13,15H,5-7,11H2,1-4H3;10-13H,5-9H2,1-4H3. The Kier molecular flexibility index (Phi) is 46.9. The first-order valence-corrected chi connectivity index (χ1v) is 59.7. The predicted octanol–water partition coefficient (Wildman–Crippen LogP) is 26.4. The molecular formula is C131H209FN14O4. The van der Waals surface area contributed by atoms with Gasteiger partial charge in [0, 0.05) is 145 Å². The van der Waals surface area contributed by atoms with Gasteiger partial charge < -0.3 is 48.5 Å². The highest BCUT2D eigenvalue weighted by atomic mass is 19.1. The Morgan fingerprint density at radius 3 is 0.860 bits per heavy atom. The van der Waals surface area contributed by atoms with Gasteiger partial charge in [-0.25, -0.2) is 4.39 Å². The number of carbonyl (C=O) groups excluding carboxylic acids is 1. The monoisotopic (exact) mass is 2060 g/mol. The smallest absolute Gasteiger partial charge is 0.219 e. The van der Waals surface area contributed by atoms with Gasteiger partial charge in [-0.05, 0) is 423 Å². The van der Waals surface area contributed by atoms with E-state index in [0.717, 1.165) is 132 Å². The van der Waals surface area contributed by atoms with Gasteiger partial charge in [-0.3, -0.25) is 39.7 Å². The first-order chi connectivity index (χ1) is 71.2. The summed E-state index contributed by atoms with van der Waals surface area (Å²) >= 11 is 0. The van der Waals surface area contributed by atoms with Crippen LogP contribution in [-0.2, 0) is 102 Å². The summed E-state index contributed by atoms with van der Waals surface area (Å²) in [5.74, 6) is 5.20. The normalized spacial score (nSPS) is 22.7. The van der Waals surface area contributed by atoms with Crippen molar-refractivity contribution in [2.24, 2.45) is 41.4 Å². The number of aromatic nitrogens is 7. The average molecular weight is 2060 g/mol. The first-order valence-electron chi connectivity index (χ1n) is 59.7. The van der Waals surface area contributed by atoms with Crippen molar-refractivity contribution < 1.29 is 23.4 Å². The number of carbonyl (C=O) groups is 1. The number of amides is 1. The summed E-state index contributed by atoms with van der Waals surface area (Å²) in [7, 11) is 6.07. The molecule has 3 saturated carbocycles. The molecular weight excluding hydrogens is 1850 g/mol. The minimum atomic E-state index is -0.711. The third-order valence-electron chi connectivity index (χ3n) is 35.2. The van der Waals surface area contributed by atoms with E-state index in [2.05, 4.69) is 284 Å². The van der Waals surface area contributed by atoms with Gasteiger partial charge in [0.05, 0.1) is 32.0 Å². The van der Waals surface area contributed by atoms with Gasteiger partial charge in [0.25, 0.3) is 0 Å². The lowest BCUT2D eigenvalue weighted by Gasteiger charge is -2.41. The molecule has 11 aliphatic rings. The van der Waals surface area contributed by atoms with E-state index in [1.165, 1.54) is 310 Å². The minimum absolute atomic E-state index is 0.102. The molecule has 150 heavy (non-hydrogen) atoms. The lowest BCUT2D eigenvalue weighted by atomic mass is 9.84. The molecule has 15 heterocycles. The number of hydrogen-bond donors (Lipinski definition) is 0. The molecule has 7 aromatic rings. The van der Waals surface area contributed by atoms with E-state index in [4.69, 9.17) is 14.2 Å². The molecule has 19 heteroatoms. The van der Waals surface area contributed by atoms with Crippen molar-refractivity contribution in [3.05, 3.63) is 207 Å². The van der Waals surface area contributed by atoms with Gasteiger partial charge >= 0.3 is 0 Å². The van der Waals surface area contributed by atoms with Crippen LogP contribution in [0.2, 0.25) is 0 Å². The Morgan fingerprint density at radius 2 is 0.593 bits per heavy atom. The van der Waals surface area contributed by atoms with Gasteiger partial charge in [-0.2, -0.15) is 0 Å². The molecule has 0 N–H and O–H groups in total. The van der Waals surface area contributed by atoms with Gasteiger partial charge in [0.15, 0.2) is 0 Å². The number of halogens is 1. The van der Waals surface area contributed by atoms with Crippen molar-refractivity contribution in [2.45, 2.75) is 432 Å². The molecule has 3 atom stereocenters. The maximum Gasteiger partial charge on any atom is 0.219 e. The van der Waals surface area contributed by atoms with Crippen molar-refractivity contribution in [1.82, 2.24) is 69.2 Å². The van der Waals surface area contributed by atoms with Crippen molar-refractivity contribution in [2.75, 3.05) is 139 Å². The molecule has 0 aromatic carbocycles. The zero-order valence-electron chi connectivity index (χ0n) is 99.3. The van der Waals surface area contributed by atoms with Crippen LogP contribution in [0.1, 0.15) is 391 Å². The number of pyridine rings is 7. The molecule has 3 unspecified atom stereocenters. The van der Waals surface area contributed by atoms with E-state index in [1.807, 2.05) is 81.0 Å². The van der Waals surface area contributed by atoms with Crippen LogP contribution in [0.3, 0.4) is 0 Å². The van der Waals surface area contributed by atoms with Gasteiger partial charge in [0.2, 0.25) is 5.91 Å². The summed E-state index contributed by atoms with van der Waals surface area (Å²) in [4.78, 5) is 59.7. The van der Waals surface area contributed by atoms with Crippen LogP contribution < -0.4 is 0 Å². The second-order valence-electron chi connectivity index (χ2n) is 55.1. The van der Waals surface area contributed by atoms with Crippen LogP contribution in [-0.4, -0.2) is 251 Å². The van der Waals surface area contributed by atoms with Crippen molar-refractivity contribution in [3.63, 3.8) is 0 Å². The van der Waals surface area contributed by atoms with Gasteiger partial charge in [0.1, 0.15) is 6.17 Å². The summed E-state index contributed by atoms with van der Waals surface area (Å²) < 4.78 is 30.9. The van der Waals surface area contributed by atoms with Crippen LogP contribution in [0.4, 0.5) is 4.39 Å². The number of ether oxygens (including phenoxy) is 3. The molecule has 834 valence electrons. The van der Waals surface area contributed by atoms with E-state index in [1.54, 1.807) is 6.92 Å². The Bertz CT molecular complexity index is 5040. The molecule has 0 radical (unpaired) electrons. The molecule has 11 fully saturated rings. The van der Waals surface area contributed by atoms with E-state index < -0.39 is 6.17 Å². The van der Waals surface area contributed by atoms with Crippen LogP contribution in [0.5, 0.6) is 0 Å². The number of alkyl halides is 1. The van der Waals surface area contributed by atoms with Crippen LogP contribution in [0, 0.1) is 41.4 Å². The minimum Gasteiger partial charge on any atom is -0.381 e. The number of likely N-dealkylation sites (tertiary alicyclic amines) is 7. The third kappa shape index (κ3) is 40.9. The SMILES string of the molecule is CC(=O)N1CCC(Cc2cncc(C(C)(C)C)c2)CC1.CC(C)(C)c1cncc(CC2CCN(C3CCC3)CC2)c1.CC(C)(C)c1cncc(CC2CCN(C3CCCCC3)CC2)c1.CC(C)(C)c1cncc(CC2CCN(CC3COCCO3)CC2)c1.CN1CCC(Cc2cncc(C(C)(C)C)c2)C(F)C1.CN1CCC(Cc2cncc(C(C)(C)C)c2)CC1.COC1CCC(N2CCC(Cc3cncc(C(C)(C)C)c3)CC2)CC1. The Balaban J connectivity index is 0.000000156. The average Bonchev–Trinajstić information content (AvgIpc) is 0.844. The van der Waals surface area contributed by atoms with Crippen LogP contribution in [0.25, 0.3) is 0 Å². The summed E-state index contributed by atoms with van der Waals surface area (Å²) in [6.45, 7) is 68.2. The lowest BCUT2D eigenvalue weighted by molar-refractivity contribution is -0.130. The second kappa shape index (κ2) is 57.9. The van der Waals surface area contributed by atoms with Crippen molar-refractivity contribution >= 4 is 5.91 Å². The van der Waals surface area contributed by atoms with Gasteiger partial charge in [-0.1, -0.05) is 214 Å². The molecule has 0 spiro atoms. The maximum atomic E-state index is 14.1. The summed E-state index contributed by atoms with van der Waals surface area (Å²) in [6, 6.07) is 19.0. The van der Waals surface area contributed by atoms with E-state index in [0.29, 0.717) is 18.6 Å². The summed E-state index contributed by atoms with van der Waals surface area (Å²) in [5.41, 5.74) is 20.2. The molecule has 8 aliphatic heterocycles. The first kappa shape index (κ1) is 122. The lowest BCUT2D eigenvalue weighted by Crippen LogP contribution is -2.45. The van der Waals surface area contributed by atoms with Crippen LogP contribution >= 0.6 is 0 Å². The number of nitrogens with zero attached hydrogens (tertiary/aromatic N) is 14. The zero-order valence-corrected chi connectivity index (χ0v) is 99.3. The second-order valence-corrected chi connectivity index (χ2v) is 55.1. The molecule has 3 aliphatic carbocycles.